The van der Waals surface area contributed by atoms with Crippen LogP contribution in [-0.4, -0.2) is 12.1 Å². The molecule has 0 amide bonds. The first-order valence-corrected chi connectivity index (χ1v) is 4.39. The van der Waals surface area contributed by atoms with Gasteiger partial charge < -0.3 is 4.74 Å². The Morgan fingerprint density at radius 2 is 2.42 bits per heavy atom. The maximum absolute atomic E-state index is 8.64. The van der Waals surface area contributed by atoms with Gasteiger partial charge in [-0.2, -0.15) is 5.26 Å². The van der Waals surface area contributed by atoms with Gasteiger partial charge in [0.05, 0.1) is 6.07 Å². The lowest BCUT2D eigenvalue weighted by Gasteiger charge is -2.05. The second-order valence-electron chi connectivity index (χ2n) is 2.16. The highest BCUT2D eigenvalue weighted by molar-refractivity contribution is 14.1. The molecule has 0 spiro atoms. The minimum atomic E-state index is -0.505. The number of halogens is 1. The molecule has 1 aromatic rings. The van der Waals surface area contributed by atoms with Gasteiger partial charge in [0.2, 0.25) is 0 Å². The van der Waals surface area contributed by atoms with Crippen molar-refractivity contribution in [2.75, 3.05) is 7.11 Å². The van der Waals surface area contributed by atoms with Crippen molar-refractivity contribution in [3.8, 4) is 6.07 Å². The Bertz CT molecular complexity index is 291. The van der Waals surface area contributed by atoms with Crippen molar-refractivity contribution in [1.82, 2.24) is 4.98 Å². The molecule has 62 valence electrons. The minimum absolute atomic E-state index is 0.505. The van der Waals surface area contributed by atoms with E-state index in [1.807, 2.05) is 18.2 Å². The van der Waals surface area contributed by atoms with E-state index in [2.05, 4.69) is 27.6 Å². The molecule has 3 nitrogen and oxygen atoms in total. The largest absolute Gasteiger partial charge is 0.362 e. The van der Waals surface area contributed by atoms with Crippen LogP contribution >= 0.6 is 22.6 Å². The van der Waals surface area contributed by atoms with Crippen LogP contribution in [0.1, 0.15) is 11.7 Å². The molecule has 0 aliphatic heterocycles. The third kappa shape index (κ3) is 2.16. The van der Waals surface area contributed by atoms with Crippen molar-refractivity contribution in [2.45, 2.75) is 6.10 Å². The molecular weight excluding hydrogens is 267 g/mol. The first kappa shape index (κ1) is 9.42. The zero-order valence-electron chi connectivity index (χ0n) is 6.49. The van der Waals surface area contributed by atoms with Crippen molar-refractivity contribution < 1.29 is 4.74 Å². The third-order valence-electron chi connectivity index (χ3n) is 1.41. The summed E-state index contributed by atoms with van der Waals surface area (Å²) in [5, 5.41) is 8.64. The number of ether oxygens (including phenoxy) is 1. The number of hydrogen-bond donors (Lipinski definition) is 0. The van der Waals surface area contributed by atoms with E-state index in [0.29, 0.717) is 0 Å². The van der Waals surface area contributed by atoms with Crippen molar-refractivity contribution in [3.63, 3.8) is 0 Å². The number of hydrogen-bond acceptors (Lipinski definition) is 3. The molecule has 0 fully saturated rings. The highest BCUT2D eigenvalue weighted by Crippen LogP contribution is 2.14. The monoisotopic (exact) mass is 274 g/mol. The second-order valence-corrected chi connectivity index (χ2v) is 3.26. The van der Waals surface area contributed by atoms with Gasteiger partial charge in [-0.25, -0.2) is 4.98 Å². The average molecular weight is 274 g/mol. The Morgan fingerprint density at radius 3 is 2.83 bits per heavy atom. The Balaban J connectivity index is 2.89. The summed E-state index contributed by atoms with van der Waals surface area (Å²) in [5.74, 6) is 0. The molecule has 0 aromatic carbocycles. The molecule has 0 N–H and O–H groups in total. The van der Waals surface area contributed by atoms with E-state index < -0.39 is 6.10 Å². The van der Waals surface area contributed by atoms with E-state index in [-0.39, 0.29) is 0 Å². The summed E-state index contributed by atoms with van der Waals surface area (Å²) in [6, 6.07) is 5.71. The maximum Gasteiger partial charge on any atom is 0.170 e. The summed E-state index contributed by atoms with van der Waals surface area (Å²) < 4.78 is 5.83. The molecule has 1 heterocycles. The van der Waals surface area contributed by atoms with Crippen molar-refractivity contribution in [2.24, 2.45) is 0 Å². The standard InChI is InChI=1S/C8H7IN2O/c1-12-7(4-10)6-2-3-8(9)11-5-6/h2-3,5,7H,1H3. The zero-order chi connectivity index (χ0) is 8.97. The highest BCUT2D eigenvalue weighted by Gasteiger charge is 2.07. The number of pyridine rings is 1. The normalized spacial score (nSPS) is 12.1. The summed E-state index contributed by atoms with van der Waals surface area (Å²) in [6.45, 7) is 0. The molecule has 1 rings (SSSR count). The van der Waals surface area contributed by atoms with Crippen LogP contribution < -0.4 is 0 Å². The van der Waals surface area contributed by atoms with Gasteiger partial charge in [0.15, 0.2) is 6.10 Å². The van der Waals surface area contributed by atoms with Crippen LogP contribution in [0, 0.1) is 15.0 Å². The van der Waals surface area contributed by atoms with E-state index in [0.717, 1.165) is 9.26 Å². The zero-order valence-corrected chi connectivity index (χ0v) is 8.65. The molecule has 1 unspecified atom stereocenters. The second kappa shape index (κ2) is 4.38. The molecule has 0 radical (unpaired) electrons. The van der Waals surface area contributed by atoms with Crippen molar-refractivity contribution in [3.05, 3.63) is 27.6 Å². The number of methoxy groups -OCH3 is 1. The summed E-state index contributed by atoms with van der Waals surface area (Å²) in [6.07, 6.45) is 1.15. The lowest BCUT2D eigenvalue weighted by molar-refractivity contribution is 0.148. The Labute approximate surface area is 84.5 Å². The molecule has 0 saturated carbocycles. The first-order chi connectivity index (χ1) is 5.77. The van der Waals surface area contributed by atoms with Gasteiger partial charge in [-0.3, -0.25) is 0 Å². The van der Waals surface area contributed by atoms with Crippen LogP contribution in [0.5, 0.6) is 0 Å². The highest BCUT2D eigenvalue weighted by atomic mass is 127. The van der Waals surface area contributed by atoms with Gasteiger partial charge in [-0.15, -0.1) is 0 Å². The maximum atomic E-state index is 8.64. The SMILES string of the molecule is COC(C#N)c1ccc(I)nc1. The van der Waals surface area contributed by atoms with E-state index in [1.54, 1.807) is 6.20 Å². The summed E-state index contributed by atoms with van der Waals surface area (Å²) >= 11 is 2.11. The molecule has 4 heteroatoms. The van der Waals surface area contributed by atoms with Crippen LogP contribution in [0.25, 0.3) is 0 Å². The number of aromatic nitrogens is 1. The van der Waals surface area contributed by atoms with E-state index in [1.165, 1.54) is 7.11 Å². The van der Waals surface area contributed by atoms with Gasteiger partial charge in [0.25, 0.3) is 0 Å². The topological polar surface area (TPSA) is 45.9 Å². The smallest absolute Gasteiger partial charge is 0.170 e. The third-order valence-corrected chi connectivity index (χ3v) is 2.04. The van der Waals surface area contributed by atoms with Gasteiger partial charge in [0.1, 0.15) is 3.70 Å². The van der Waals surface area contributed by atoms with Crippen LogP contribution in [0.3, 0.4) is 0 Å². The van der Waals surface area contributed by atoms with Crippen molar-refractivity contribution >= 4 is 22.6 Å². The van der Waals surface area contributed by atoms with Crippen LogP contribution in [-0.2, 0) is 4.74 Å². The molecule has 1 aromatic heterocycles. The van der Waals surface area contributed by atoms with Gasteiger partial charge >= 0.3 is 0 Å². The minimum Gasteiger partial charge on any atom is -0.362 e. The molecule has 0 aliphatic carbocycles. The van der Waals surface area contributed by atoms with Crippen molar-refractivity contribution in [1.29, 1.82) is 5.26 Å². The Morgan fingerprint density at radius 1 is 1.67 bits per heavy atom. The van der Waals surface area contributed by atoms with Crippen LogP contribution in [0.4, 0.5) is 0 Å². The fraction of sp³-hybridized carbons (Fsp3) is 0.250. The fourth-order valence-electron chi connectivity index (χ4n) is 0.806. The first-order valence-electron chi connectivity index (χ1n) is 3.32. The Hall–Kier alpha value is -0.670. The predicted octanol–water partition coefficient (Wildman–Crippen LogP) is 1.90. The van der Waals surface area contributed by atoms with Crippen LogP contribution in [0.2, 0.25) is 0 Å². The Kier molecular flexibility index (Phi) is 3.44. The lowest BCUT2D eigenvalue weighted by atomic mass is 10.2. The van der Waals surface area contributed by atoms with Gasteiger partial charge in [-0.05, 0) is 28.7 Å². The van der Waals surface area contributed by atoms with E-state index in [4.69, 9.17) is 10.00 Å². The van der Waals surface area contributed by atoms with E-state index in [9.17, 15) is 0 Å². The summed E-state index contributed by atoms with van der Waals surface area (Å²) in [7, 11) is 1.51. The molecule has 0 bridgehead atoms. The summed E-state index contributed by atoms with van der Waals surface area (Å²) in [5.41, 5.74) is 0.792. The average Bonchev–Trinajstić information content (AvgIpc) is 2.10. The quantitative estimate of drug-likeness (QED) is 0.611. The molecule has 0 aliphatic rings. The molecule has 0 saturated heterocycles. The number of rotatable bonds is 2. The fourth-order valence-corrected chi connectivity index (χ4v) is 1.12. The summed E-state index contributed by atoms with van der Waals surface area (Å²) in [4.78, 5) is 4.05. The van der Waals surface area contributed by atoms with Crippen LogP contribution in [0.15, 0.2) is 18.3 Å². The predicted molar refractivity (Wildman–Crippen MR) is 52.3 cm³/mol. The number of nitrogens with zero attached hydrogens (tertiary/aromatic N) is 2. The molecular formula is C8H7IN2O. The lowest BCUT2D eigenvalue weighted by Crippen LogP contribution is -1.98. The molecule has 1 atom stereocenters. The van der Waals surface area contributed by atoms with Gasteiger partial charge in [0, 0.05) is 18.9 Å². The van der Waals surface area contributed by atoms with Gasteiger partial charge in [-0.1, -0.05) is 6.07 Å². The number of nitriles is 1. The molecule has 12 heavy (non-hydrogen) atoms. The van der Waals surface area contributed by atoms with E-state index >= 15 is 0 Å².